The molecule has 7 rings (SSSR count). The third-order valence-corrected chi connectivity index (χ3v) is 6.59. The molecule has 0 atom stereocenters. The molecule has 8 bridgehead atoms. The molecule has 0 saturated heterocycles. The maximum absolute atomic E-state index is 5.22. The first-order valence-corrected chi connectivity index (χ1v) is 11.6. The van der Waals surface area contributed by atoms with E-state index in [1.807, 2.05) is 0 Å². The fourth-order valence-electron chi connectivity index (χ4n) is 4.99. The minimum Gasteiger partial charge on any atom is -0.250 e. The van der Waals surface area contributed by atoms with Crippen LogP contribution in [0.2, 0.25) is 0 Å². The number of rotatable bonds is 0. The summed E-state index contributed by atoms with van der Waals surface area (Å²) >= 11 is 0. The Morgan fingerprint density at radius 1 is 0.618 bits per heavy atom. The second-order valence-electron chi connectivity index (χ2n) is 9.10. The maximum atomic E-state index is 5.22. The first-order chi connectivity index (χ1) is 16.8. The maximum Gasteiger partial charge on any atom is 0.244 e. The number of pyridine rings is 2. The molecule has 1 aliphatic rings. The van der Waals surface area contributed by atoms with Crippen LogP contribution in [-0.4, -0.2) is 19.1 Å². The molecule has 0 spiro atoms. The quantitative estimate of drug-likeness (QED) is 0.266. The van der Waals surface area contributed by atoms with Crippen molar-refractivity contribution < 1.29 is 9.13 Å². The van der Waals surface area contributed by atoms with Gasteiger partial charge in [0, 0.05) is 21.9 Å². The van der Waals surface area contributed by atoms with Gasteiger partial charge in [-0.2, -0.15) is 0 Å². The van der Waals surface area contributed by atoms with Gasteiger partial charge in [-0.3, -0.25) is 0 Å². The van der Waals surface area contributed by atoms with Crippen molar-refractivity contribution in [2.45, 2.75) is 26.2 Å². The van der Waals surface area contributed by atoms with E-state index in [4.69, 9.17) is 9.97 Å². The van der Waals surface area contributed by atoms with Crippen LogP contribution < -0.4 is 9.13 Å². The van der Waals surface area contributed by atoms with Gasteiger partial charge in [0.25, 0.3) is 0 Å². The molecule has 5 heterocycles. The summed E-state index contributed by atoms with van der Waals surface area (Å²) in [5.41, 5.74) is 6.70. The van der Waals surface area contributed by atoms with Crippen LogP contribution in [0.25, 0.3) is 21.8 Å². The molecule has 164 valence electrons. The molecule has 0 fully saturated rings. The van der Waals surface area contributed by atoms with E-state index in [1.165, 1.54) is 21.9 Å². The minimum absolute atomic E-state index is 0.744. The SMILES string of the molecule is c1cc2nc(c1)Cn1cc[n+](c1)Cc1cccc3cc4cccc(c4nc13)C[n+]1ccn(c1)C2. The number of aromatic nitrogens is 6. The van der Waals surface area contributed by atoms with E-state index < -0.39 is 0 Å². The lowest BCUT2D eigenvalue weighted by Crippen LogP contribution is -2.32. The Morgan fingerprint density at radius 2 is 1.15 bits per heavy atom. The summed E-state index contributed by atoms with van der Waals surface area (Å²) in [4.78, 5) is 10.1. The van der Waals surface area contributed by atoms with Gasteiger partial charge in [0.2, 0.25) is 12.7 Å². The summed E-state index contributed by atoms with van der Waals surface area (Å²) in [6.45, 7) is 3.04. The fraction of sp³-hybridized carbons (Fsp3) is 0.143. The third-order valence-electron chi connectivity index (χ3n) is 6.59. The number of benzene rings is 2. The highest BCUT2D eigenvalue weighted by atomic mass is 15.1. The zero-order valence-corrected chi connectivity index (χ0v) is 18.7. The number of fused-ring (bicyclic) bond motifs is 6. The van der Waals surface area contributed by atoms with Crippen LogP contribution in [0.5, 0.6) is 0 Å². The molecule has 0 unspecified atom stereocenters. The highest BCUT2D eigenvalue weighted by molar-refractivity contribution is 5.95. The second-order valence-corrected chi connectivity index (χ2v) is 9.10. The van der Waals surface area contributed by atoms with Crippen molar-refractivity contribution in [3.05, 3.63) is 121 Å². The summed E-state index contributed by atoms with van der Waals surface area (Å²) in [7, 11) is 0. The molecular weight excluding hydrogens is 420 g/mol. The van der Waals surface area contributed by atoms with Crippen LogP contribution in [0, 0.1) is 0 Å². The van der Waals surface area contributed by atoms with Crippen LogP contribution >= 0.6 is 0 Å². The van der Waals surface area contributed by atoms with Gasteiger partial charge in [0.15, 0.2) is 0 Å². The average molecular weight is 445 g/mol. The standard InChI is InChI=1S/C28H24N6/c1-4-21-14-22-5-2-7-24-16-32-11-13-34(20-32)18-26-9-3-8-25(29-26)17-33-12-10-31(19-33)15-23(6-1)27(21)30-28(22)24/h1-14,19-20H,15-18H2/q+2. The number of nitrogens with zero attached hydrogens (tertiary/aromatic N) is 6. The van der Waals surface area contributed by atoms with Crippen LogP contribution in [0.4, 0.5) is 0 Å². The highest BCUT2D eigenvalue weighted by Crippen LogP contribution is 2.25. The number of hydrogen-bond donors (Lipinski definition) is 0. The van der Waals surface area contributed by atoms with Gasteiger partial charge in [-0.05, 0) is 18.2 Å². The van der Waals surface area contributed by atoms with Crippen molar-refractivity contribution in [3.63, 3.8) is 0 Å². The molecule has 34 heavy (non-hydrogen) atoms. The molecule has 0 saturated carbocycles. The summed E-state index contributed by atoms with van der Waals surface area (Å²) in [6.07, 6.45) is 12.8. The van der Waals surface area contributed by atoms with Gasteiger partial charge >= 0.3 is 0 Å². The fourth-order valence-corrected chi connectivity index (χ4v) is 4.99. The molecule has 6 heteroatoms. The Kier molecular flexibility index (Phi) is 4.30. The predicted octanol–water partition coefficient (Wildman–Crippen LogP) is 3.47. The van der Waals surface area contributed by atoms with E-state index in [2.05, 4.69) is 116 Å². The summed E-state index contributed by atoms with van der Waals surface area (Å²) < 4.78 is 8.81. The lowest BCUT2D eigenvalue weighted by molar-refractivity contribution is -0.687. The van der Waals surface area contributed by atoms with Gasteiger partial charge < -0.3 is 0 Å². The Labute approximate surface area is 197 Å². The Bertz CT molecular complexity index is 1560. The molecule has 2 aromatic carbocycles. The van der Waals surface area contributed by atoms with Crippen molar-refractivity contribution >= 4 is 21.8 Å². The van der Waals surface area contributed by atoms with Crippen LogP contribution in [0.3, 0.4) is 0 Å². The predicted molar refractivity (Wildman–Crippen MR) is 129 cm³/mol. The van der Waals surface area contributed by atoms with Crippen molar-refractivity contribution in [1.82, 2.24) is 19.1 Å². The van der Waals surface area contributed by atoms with Gasteiger partial charge in [0.05, 0.1) is 22.4 Å². The second kappa shape index (κ2) is 7.63. The van der Waals surface area contributed by atoms with Gasteiger partial charge in [-0.25, -0.2) is 28.2 Å². The average Bonchev–Trinajstić information content (AvgIpc) is 3.47. The number of para-hydroxylation sites is 2. The van der Waals surface area contributed by atoms with E-state index in [9.17, 15) is 0 Å². The first kappa shape index (κ1) is 19.2. The molecule has 6 aromatic rings. The molecular formula is C28H24N6+2. The van der Waals surface area contributed by atoms with Crippen LogP contribution in [0.1, 0.15) is 22.5 Å². The molecule has 4 aromatic heterocycles. The monoisotopic (exact) mass is 444 g/mol. The van der Waals surface area contributed by atoms with E-state index >= 15 is 0 Å². The first-order valence-electron chi connectivity index (χ1n) is 11.6. The zero-order valence-electron chi connectivity index (χ0n) is 18.7. The Morgan fingerprint density at radius 3 is 1.71 bits per heavy atom. The Hall–Kier alpha value is -4.32. The van der Waals surface area contributed by atoms with E-state index in [0.717, 1.165) is 48.6 Å². The third kappa shape index (κ3) is 3.44. The number of hydrogen-bond acceptors (Lipinski definition) is 2. The molecule has 0 aliphatic carbocycles. The molecule has 6 nitrogen and oxygen atoms in total. The topological polar surface area (TPSA) is 43.4 Å². The van der Waals surface area contributed by atoms with E-state index in [0.29, 0.717) is 0 Å². The molecule has 1 aliphatic heterocycles. The lowest BCUT2D eigenvalue weighted by Gasteiger charge is -2.09. The summed E-state index contributed by atoms with van der Waals surface area (Å²) in [5, 5.41) is 2.35. The lowest BCUT2D eigenvalue weighted by atomic mass is 10.0. The van der Waals surface area contributed by atoms with Crippen LogP contribution in [-0.2, 0) is 26.2 Å². The molecule has 0 amide bonds. The smallest absolute Gasteiger partial charge is 0.244 e. The summed E-state index contributed by atoms with van der Waals surface area (Å²) in [6, 6.07) is 21.5. The molecule has 0 N–H and O–H groups in total. The summed E-state index contributed by atoms with van der Waals surface area (Å²) in [5.74, 6) is 0. The van der Waals surface area contributed by atoms with E-state index in [-0.39, 0.29) is 0 Å². The van der Waals surface area contributed by atoms with Crippen molar-refractivity contribution in [2.24, 2.45) is 0 Å². The van der Waals surface area contributed by atoms with Crippen molar-refractivity contribution in [3.8, 4) is 0 Å². The zero-order chi connectivity index (χ0) is 22.5. The Balaban J connectivity index is 1.42. The molecule has 0 radical (unpaired) electrons. The van der Waals surface area contributed by atoms with Crippen molar-refractivity contribution in [1.29, 1.82) is 0 Å². The van der Waals surface area contributed by atoms with Gasteiger partial charge in [-0.15, -0.1) is 0 Å². The van der Waals surface area contributed by atoms with Gasteiger partial charge in [-0.1, -0.05) is 42.5 Å². The highest BCUT2D eigenvalue weighted by Gasteiger charge is 2.14. The number of imidazole rings is 2. The van der Waals surface area contributed by atoms with Crippen LogP contribution in [0.15, 0.2) is 98.1 Å². The van der Waals surface area contributed by atoms with E-state index in [1.54, 1.807) is 0 Å². The minimum atomic E-state index is 0.744. The largest absolute Gasteiger partial charge is 0.250 e. The van der Waals surface area contributed by atoms with Gasteiger partial charge in [0.1, 0.15) is 51.0 Å². The normalized spacial score (nSPS) is 13.4. The van der Waals surface area contributed by atoms with Crippen molar-refractivity contribution in [2.75, 3.05) is 0 Å².